The first-order chi connectivity index (χ1) is 9.97. The van der Waals surface area contributed by atoms with Crippen LogP contribution in [0.15, 0.2) is 36.4 Å². The molecule has 21 heavy (non-hydrogen) atoms. The maximum atomic E-state index is 12.4. The Balaban J connectivity index is 1.96. The number of rotatable bonds is 2. The zero-order valence-corrected chi connectivity index (χ0v) is 12.9. The zero-order chi connectivity index (χ0) is 15.1. The summed E-state index contributed by atoms with van der Waals surface area (Å²) >= 11 is 11.9. The Morgan fingerprint density at radius 1 is 1.14 bits per heavy atom. The van der Waals surface area contributed by atoms with Crippen molar-refractivity contribution in [1.82, 2.24) is 0 Å². The molecule has 2 N–H and O–H groups in total. The van der Waals surface area contributed by atoms with Gasteiger partial charge in [-0.2, -0.15) is 0 Å². The van der Waals surface area contributed by atoms with Crippen LogP contribution in [0.1, 0.15) is 22.7 Å². The fraction of sp³-hybridized carbons (Fsp3) is 0.188. The highest BCUT2D eigenvalue weighted by atomic mass is 35.5. The zero-order valence-electron chi connectivity index (χ0n) is 11.4. The van der Waals surface area contributed by atoms with E-state index in [2.05, 4.69) is 0 Å². The number of nitrogens with zero attached hydrogens (tertiary/aromatic N) is 1. The third-order valence-corrected chi connectivity index (χ3v) is 4.40. The number of aryl methyl sites for hydroxylation is 1. The Bertz CT molecular complexity index is 730. The van der Waals surface area contributed by atoms with Gasteiger partial charge in [0.1, 0.15) is 6.04 Å². The van der Waals surface area contributed by atoms with Gasteiger partial charge in [-0.15, -0.1) is 0 Å². The van der Waals surface area contributed by atoms with E-state index in [0.29, 0.717) is 16.6 Å². The van der Waals surface area contributed by atoms with Gasteiger partial charge in [0, 0.05) is 11.3 Å². The monoisotopic (exact) mass is 320 g/mol. The van der Waals surface area contributed by atoms with Crippen LogP contribution < -0.4 is 10.6 Å². The molecular formula is C16H14Cl2N2O. The van der Waals surface area contributed by atoms with E-state index in [0.717, 1.165) is 22.4 Å². The highest BCUT2D eigenvalue weighted by Gasteiger charge is 2.34. The largest absolute Gasteiger partial charge is 0.316 e. The molecule has 0 saturated heterocycles. The fourth-order valence-corrected chi connectivity index (χ4v) is 2.89. The molecule has 0 radical (unpaired) electrons. The van der Waals surface area contributed by atoms with Gasteiger partial charge in [-0.1, -0.05) is 47.0 Å². The smallest absolute Gasteiger partial charge is 0.248 e. The van der Waals surface area contributed by atoms with Gasteiger partial charge in [-0.25, -0.2) is 0 Å². The quantitative estimate of drug-likeness (QED) is 0.913. The topological polar surface area (TPSA) is 46.3 Å². The van der Waals surface area contributed by atoms with Crippen LogP contribution in [0.25, 0.3) is 0 Å². The van der Waals surface area contributed by atoms with E-state index >= 15 is 0 Å². The van der Waals surface area contributed by atoms with Crippen molar-refractivity contribution in [2.45, 2.75) is 19.5 Å². The van der Waals surface area contributed by atoms with Gasteiger partial charge in [0.05, 0.1) is 16.6 Å². The molecule has 3 nitrogen and oxygen atoms in total. The van der Waals surface area contributed by atoms with Gasteiger partial charge in [0.15, 0.2) is 0 Å². The summed E-state index contributed by atoms with van der Waals surface area (Å²) in [5, 5.41) is 0.982. The SMILES string of the molecule is Cc1ccc2c(c1)[C@H](N)C(=O)N2Cc1ccc(Cl)c(Cl)c1. The molecule has 5 heteroatoms. The molecule has 1 aliphatic heterocycles. The molecule has 0 bridgehead atoms. The molecule has 0 aromatic heterocycles. The van der Waals surface area contributed by atoms with Crippen LogP contribution in [0.3, 0.4) is 0 Å². The van der Waals surface area contributed by atoms with E-state index in [9.17, 15) is 4.79 Å². The van der Waals surface area contributed by atoms with Crippen LogP contribution in [0.2, 0.25) is 10.0 Å². The minimum absolute atomic E-state index is 0.0957. The predicted molar refractivity (Wildman–Crippen MR) is 85.8 cm³/mol. The summed E-state index contributed by atoms with van der Waals surface area (Å²) in [4.78, 5) is 14.1. The summed E-state index contributed by atoms with van der Waals surface area (Å²) in [5.41, 5.74) is 9.76. The first-order valence-electron chi connectivity index (χ1n) is 6.59. The van der Waals surface area contributed by atoms with Gasteiger partial charge in [0.25, 0.3) is 0 Å². The van der Waals surface area contributed by atoms with E-state index in [1.807, 2.05) is 31.2 Å². The third kappa shape index (κ3) is 2.53. The van der Waals surface area contributed by atoms with E-state index < -0.39 is 6.04 Å². The lowest BCUT2D eigenvalue weighted by molar-refractivity contribution is -0.119. The second kappa shape index (κ2) is 5.34. The van der Waals surface area contributed by atoms with Crippen LogP contribution in [-0.2, 0) is 11.3 Å². The second-order valence-electron chi connectivity index (χ2n) is 5.21. The third-order valence-electron chi connectivity index (χ3n) is 3.67. The number of fused-ring (bicyclic) bond motifs is 1. The number of carbonyl (C=O) groups excluding carboxylic acids is 1. The molecule has 0 saturated carbocycles. The lowest BCUT2D eigenvalue weighted by Gasteiger charge is -2.18. The van der Waals surface area contributed by atoms with Crippen LogP contribution >= 0.6 is 23.2 Å². The Hall–Kier alpha value is -1.55. The number of hydrogen-bond donors (Lipinski definition) is 1. The van der Waals surface area contributed by atoms with E-state index in [4.69, 9.17) is 28.9 Å². The Labute approximate surface area is 133 Å². The first kappa shape index (κ1) is 14.4. The molecule has 2 aromatic carbocycles. The summed E-state index contributed by atoms with van der Waals surface area (Å²) in [5.74, 6) is -0.0957. The number of anilines is 1. The number of nitrogens with two attached hydrogens (primary N) is 1. The molecule has 0 unspecified atom stereocenters. The molecule has 0 spiro atoms. The Kier molecular flexibility index (Phi) is 3.66. The molecule has 0 fully saturated rings. The van der Waals surface area contributed by atoms with Crippen molar-refractivity contribution in [2.24, 2.45) is 5.73 Å². The van der Waals surface area contributed by atoms with E-state index in [1.54, 1.807) is 17.0 Å². The molecule has 1 atom stereocenters. The highest BCUT2D eigenvalue weighted by Crippen LogP contribution is 2.36. The van der Waals surface area contributed by atoms with Crippen molar-refractivity contribution in [3.63, 3.8) is 0 Å². The minimum Gasteiger partial charge on any atom is -0.316 e. The lowest BCUT2D eigenvalue weighted by atomic mass is 10.1. The number of hydrogen-bond acceptors (Lipinski definition) is 2. The van der Waals surface area contributed by atoms with Gasteiger partial charge >= 0.3 is 0 Å². The van der Waals surface area contributed by atoms with Crippen molar-refractivity contribution in [3.8, 4) is 0 Å². The molecule has 1 heterocycles. The molecular weight excluding hydrogens is 307 g/mol. The van der Waals surface area contributed by atoms with Crippen LogP contribution in [-0.4, -0.2) is 5.91 Å². The minimum atomic E-state index is -0.595. The van der Waals surface area contributed by atoms with Crippen molar-refractivity contribution < 1.29 is 4.79 Å². The van der Waals surface area contributed by atoms with E-state index in [-0.39, 0.29) is 5.91 Å². The molecule has 1 amide bonds. The highest BCUT2D eigenvalue weighted by molar-refractivity contribution is 6.42. The van der Waals surface area contributed by atoms with Crippen molar-refractivity contribution in [2.75, 3.05) is 4.90 Å². The van der Waals surface area contributed by atoms with Crippen molar-refractivity contribution in [3.05, 3.63) is 63.1 Å². The van der Waals surface area contributed by atoms with Crippen molar-refractivity contribution in [1.29, 1.82) is 0 Å². The Morgan fingerprint density at radius 2 is 1.90 bits per heavy atom. The fourth-order valence-electron chi connectivity index (χ4n) is 2.57. The van der Waals surface area contributed by atoms with Crippen LogP contribution in [0.4, 0.5) is 5.69 Å². The number of halogens is 2. The number of benzene rings is 2. The van der Waals surface area contributed by atoms with Crippen LogP contribution in [0, 0.1) is 6.92 Å². The first-order valence-corrected chi connectivity index (χ1v) is 7.34. The maximum absolute atomic E-state index is 12.4. The summed E-state index contributed by atoms with van der Waals surface area (Å²) in [6.07, 6.45) is 0. The van der Waals surface area contributed by atoms with Gasteiger partial charge in [-0.3, -0.25) is 4.79 Å². The normalized spacial score (nSPS) is 17.2. The summed E-state index contributed by atoms with van der Waals surface area (Å²) < 4.78 is 0. The average molecular weight is 321 g/mol. The molecule has 0 aliphatic carbocycles. The molecule has 1 aliphatic rings. The molecule has 108 valence electrons. The van der Waals surface area contributed by atoms with E-state index in [1.165, 1.54) is 0 Å². The second-order valence-corrected chi connectivity index (χ2v) is 6.03. The lowest BCUT2D eigenvalue weighted by Crippen LogP contribution is -2.31. The maximum Gasteiger partial charge on any atom is 0.248 e. The van der Waals surface area contributed by atoms with Crippen LogP contribution in [0.5, 0.6) is 0 Å². The standard InChI is InChI=1S/C16H14Cl2N2O/c1-9-2-5-14-11(6-9)15(19)16(21)20(14)8-10-3-4-12(17)13(18)7-10/h2-7,15H,8,19H2,1H3/t15-/m0/s1. The van der Waals surface area contributed by atoms with Gasteiger partial charge in [0.2, 0.25) is 5.91 Å². The predicted octanol–water partition coefficient (Wildman–Crippen LogP) is 3.85. The van der Waals surface area contributed by atoms with Crippen molar-refractivity contribution >= 4 is 34.8 Å². The molecule has 3 rings (SSSR count). The summed E-state index contributed by atoms with van der Waals surface area (Å²) in [6, 6.07) is 10.7. The number of amides is 1. The van der Waals surface area contributed by atoms with Gasteiger partial charge in [-0.05, 0) is 30.7 Å². The van der Waals surface area contributed by atoms with Gasteiger partial charge < -0.3 is 10.6 Å². The Morgan fingerprint density at radius 3 is 2.62 bits per heavy atom. The molecule has 2 aromatic rings. The summed E-state index contributed by atoms with van der Waals surface area (Å²) in [6.45, 7) is 2.42. The average Bonchev–Trinajstić information content (AvgIpc) is 2.68. The summed E-state index contributed by atoms with van der Waals surface area (Å²) in [7, 11) is 0. The number of carbonyl (C=O) groups is 1.